The molecule has 0 aliphatic rings. The summed E-state index contributed by atoms with van der Waals surface area (Å²) >= 11 is 0. The highest BCUT2D eigenvalue weighted by atomic mass is 16.5. The number of nitrogens with one attached hydrogen (secondary N) is 2. The van der Waals surface area contributed by atoms with Crippen molar-refractivity contribution in [3.8, 4) is 0 Å². The third-order valence-electron chi connectivity index (χ3n) is 3.43. The summed E-state index contributed by atoms with van der Waals surface area (Å²) in [6.45, 7) is 4.17. The number of hydrogen-bond donors (Lipinski definition) is 2. The smallest absolute Gasteiger partial charge is 0.248 e. The summed E-state index contributed by atoms with van der Waals surface area (Å²) in [7, 11) is 3.76. The van der Waals surface area contributed by atoms with Gasteiger partial charge in [-0.3, -0.25) is 4.79 Å². The topological polar surface area (TPSA) is 57.4 Å². The highest BCUT2D eigenvalue weighted by Gasteiger charge is 2.06. The molecule has 0 amide bonds. The Balaban J connectivity index is 1.97. The summed E-state index contributed by atoms with van der Waals surface area (Å²) in [4.78, 5) is 16.8. The molecule has 0 saturated heterocycles. The number of aromatic amines is 1. The van der Waals surface area contributed by atoms with Gasteiger partial charge in [0.1, 0.15) is 0 Å². The number of aromatic nitrogens is 1. The van der Waals surface area contributed by atoms with Gasteiger partial charge in [-0.15, -0.1) is 0 Å². The van der Waals surface area contributed by atoms with Gasteiger partial charge >= 0.3 is 0 Å². The average molecular weight is 289 g/mol. The summed E-state index contributed by atoms with van der Waals surface area (Å²) in [6.07, 6.45) is 0. The minimum Gasteiger partial charge on any atom is -0.383 e. The molecule has 0 unspecified atom stereocenters. The van der Waals surface area contributed by atoms with Crippen LogP contribution >= 0.6 is 0 Å². The maximum atomic E-state index is 11.7. The molecule has 5 nitrogen and oxygen atoms in total. The lowest BCUT2D eigenvalue weighted by Crippen LogP contribution is -2.31. The summed E-state index contributed by atoms with van der Waals surface area (Å²) in [5.41, 5.74) is 1.91. The van der Waals surface area contributed by atoms with Gasteiger partial charge in [-0.25, -0.2) is 0 Å². The van der Waals surface area contributed by atoms with Crippen molar-refractivity contribution in [1.82, 2.24) is 15.2 Å². The lowest BCUT2D eigenvalue weighted by Gasteiger charge is -2.18. The van der Waals surface area contributed by atoms with Crippen LogP contribution in [0.15, 0.2) is 35.1 Å². The Bertz CT molecular complexity index is 624. The van der Waals surface area contributed by atoms with Crippen molar-refractivity contribution in [3.05, 3.63) is 46.2 Å². The lowest BCUT2D eigenvalue weighted by atomic mass is 10.1. The van der Waals surface area contributed by atoms with Crippen LogP contribution < -0.4 is 10.9 Å². The van der Waals surface area contributed by atoms with E-state index in [2.05, 4.69) is 22.2 Å². The molecular weight excluding hydrogens is 266 g/mol. The predicted octanol–water partition coefficient (Wildman–Crippen LogP) is 1.20. The van der Waals surface area contributed by atoms with Crippen molar-refractivity contribution in [2.45, 2.75) is 6.54 Å². The molecular formula is C16H23N3O2. The molecule has 0 saturated carbocycles. The molecule has 0 aliphatic heterocycles. The zero-order valence-corrected chi connectivity index (χ0v) is 12.7. The Labute approximate surface area is 124 Å². The minimum atomic E-state index is -0.0460. The summed E-state index contributed by atoms with van der Waals surface area (Å²) in [5, 5.41) is 4.42. The number of para-hydroxylation sites is 1. The van der Waals surface area contributed by atoms with Gasteiger partial charge in [-0.05, 0) is 18.7 Å². The average Bonchev–Trinajstić information content (AvgIpc) is 2.47. The molecule has 0 fully saturated rings. The monoisotopic (exact) mass is 289 g/mol. The van der Waals surface area contributed by atoms with E-state index in [-0.39, 0.29) is 5.56 Å². The Morgan fingerprint density at radius 1 is 1.29 bits per heavy atom. The first-order valence-corrected chi connectivity index (χ1v) is 7.20. The number of methoxy groups -OCH3 is 1. The van der Waals surface area contributed by atoms with Gasteiger partial charge in [0.2, 0.25) is 5.56 Å². The molecule has 0 spiro atoms. The van der Waals surface area contributed by atoms with Crippen LogP contribution in [0.3, 0.4) is 0 Å². The van der Waals surface area contributed by atoms with Crippen LogP contribution in [0.1, 0.15) is 5.56 Å². The number of ether oxygens (including phenoxy) is 1. The lowest BCUT2D eigenvalue weighted by molar-refractivity contribution is 0.197. The van der Waals surface area contributed by atoms with Crippen molar-refractivity contribution < 1.29 is 4.74 Å². The number of benzene rings is 1. The van der Waals surface area contributed by atoms with E-state index in [4.69, 9.17) is 4.74 Å². The first-order valence-electron chi connectivity index (χ1n) is 7.20. The van der Waals surface area contributed by atoms with Crippen molar-refractivity contribution in [2.75, 3.05) is 40.4 Å². The molecule has 1 heterocycles. The van der Waals surface area contributed by atoms with Gasteiger partial charge in [0.25, 0.3) is 0 Å². The second-order valence-electron chi connectivity index (χ2n) is 5.18. The van der Waals surface area contributed by atoms with Gasteiger partial charge in [0.15, 0.2) is 0 Å². The second kappa shape index (κ2) is 7.93. The number of pyridine rings is 1. The third-order valence-corrected chi connectivity index (χ3v) is 3.43. The van der Waals surface area contributed by atoms with E-state index < -0.39 is 0 Å². The Morgan fingerprint density at radius 3 is 2.90 bits per heavy atom. The van der Waals surface area contributed by atoms with Gasteiger partial charge in [-0.2, -0.15) is 0 Å². The van der Waals surface area contributed by atoms with Crippen LogP contribution in [0.25, 0.3) is 10.9 Å². The van der Waals surface area contributed by atoms with Crippen molar-refractivity contribution in [3.63, 3.8) is 0 Å². The second-order valence-corrected chi connectivity index (χ2v) is 5.18. The van der Waals surface area contributed by atoms with Crippen LogP contribution in [0.2, 0.25) is 0 Å². The summed E-state index contributed by atoms with van der Waals surface area (Å²) < 4.78 is 4.99. The molecule has 0 bridgehead atoms. The standard InChI is InChI=1S/C16H23N3O2/c1-19(9-7-17-8-10-21-2)12-13-11-16(20)18-15-6-4-3-5-14(13)15/h3-6,11,17H,7-10,12H2,1-2H3,(H,18,20). The van der Waals surface area contributed by atoms with Gasteiger partial charge < -0.3 is 19.9 Å². The number of hydrogen-bond acceptors (Lipinski definition) is 4. The highest BCUT2D eigenvalue weighted by Crippen LogP contribution is 2.15. The number of likely N-dealkylation sites (N-methyl/N-ethyl adjacent to an activating group) is 1. The first-order chi connectivity index (χ1) is 10.2. The van der Waals surface area contributed by atoms with E-state index >= 15 is 0 Å². The van der Waals surface area contributed by atoms with Crippen LogP contribution in [-0.4, -0.2) is 50.3 Å². The van der Waals surface area contributed by atoms with Crippen LogP contribution in [-0.2, 0) is 11.3 Å². The Kier molecular flexibility index (Phi) is 5.92. The molecule has 21 heavy (non-hydrogen) atoms. The van der Waals surface area contributed by atoms with Crippen LogP contribution in [0.5, 0.6) is 0 Å². The SMILES string of the molecule is COCCNCCN(C)Cc1cc(=O)[nH]c2ccccc12. The van der Waals surface area contributed by atoms with E-state index in [1.165, 1.54) is 0 Å². The fourth-order valence-electron chi connectivity index (χ4n) is 2.35. The molecule has 114 valence electrons. The molecule has 1 aromatic carbocycles. The largest absolute Gasteiger partial charge is 0.383 e. The zero-order valence-electron chi connectivity index (χ0n) is 12.7. The Morgan fingerprint density at radius 2 is 2.10 bits per heavy atom. The third kappa shape index (κ3) is 4.67. The van der Waals surface area contributed by atoms with Crippen molar-refractivity contribution >= 4 is 10.9 Å². The summed E-state index contributed by atoms with van der Waals surface area (Å²) in [5.74, 6) is 0. The molecule has 5 heteroatoms. The van der Waals surface area contributed by atoms with E-state index in [9.17, 15) is 4.79 Å². The van der Waals surface area contributed by atoms with Crippen LogP contribution in [0, 0.1) is 0 Å². The van der Waals surface area contributed by atoms with E-state index in [0.717, 1.165) is 49.3 Å². The van der Waals surface area contributed by atoms with Gasteiger partial charge in [0.05, 0.1) is 6.61 Å². The summed E-state index contributed by atoms with van der Waals surface area (Å²) in [6, 6.07) is 9.61. The normalized spacial score (nSPS) is 11.4. The van der Waals surface area contributed by atoms with E-state index in [1.807, 2.05) is 24.3 Å². The number of H-pyrrole nitrogens is 1. The predicted molar refractivity (Wildman–Crippen MR) is 85.6 cm³/mol. The molecule has 2 N–H and O–H groups in total. The first kappa shape index (κ1) is 15.7. The highest BCUT2D eigenvalue weighted by molar-refractivity contribution is 5.81. The quantitative estimate of drug-likeness (QED) is 0.717. The zero-order chi connectivity index (χ0) is 15.1. The molecule has 0 atom stereocenters. The Hall–Kier alpha value is -1.69. The molecule has 0 radical (unpaired) electrons. The van der Waals surface area contributed by atoms with E-state index in [0.29, 0.717) is 0 Å². The number of fused-ring (bicyclic) bond motifs is 1. The molecule has 1 aromatic heterocycles. The number of rotatable bonds is 8. The fourth-order valence-corrected chi connectivity index (χ4v) is 2.35. The fraction of sp³-hybridized carbons (Fsp3) is 0.438. The van der Waals surface area contributed by atoms with Crippen LogP contribution in [0.4, 0.5) is 0 Å². The molecule has 2 aromatic rings. The maximum absolute atomic E-state index is 11.7. The minimum absolute atomic E-state index is 0.0460. The molecule has 2 rings (SSSR count). The van der Waals surface area contributed by atoms with Crippen molar-refractivity contribution in [1.29, 1.82) is 0 Å². The molecule has 0 aliphatic carbocycles. The van der Waals surface area contributed by atoms with E-state index in [1.54, 1.807) is 13.2 Å². The number of nitrogens with zero attached hydrogens (tertiary/aromatic N) is 1. The maximum Gasteiger partial charge on any atom is 0.248 e. The van der Waals surface area contributed by atoms with Gasteiger partial charge in [-0.1, -0.05) is 18.2 Å². The van der Waals surface area contributed by atoms with Crippen molar-refractivity contribution in [2.24, 2.45) is 0 Å². The van der Waals surface area contributed by atoms with Gasteiger partial charge in [0, 0.05) is 50.3 Å².